The maximum absolute atomic E-state index is 8.42. The van der Waals surface area contributed by atoms with Crippen LogP contribution in [0.5, 0.6) is 0 Å². The van der Waals surface area contributed by atoms with E-state index in [1.165, 1.54) is 0 Å². The van der Waals surface area contributed by atoms with Crippen molar-refractivity contribution in [3.8, 4) is 0 Å². The van der Waals surface area contributed by atoms with E-state index in [1.54, 1.807) is 0 Å². The maximum atomic E-state index is 8.42. The van der Waals surface area contributed by atoms with Crippen LogP contribution >= 0.6 is 0 Å². The van der Waals surface area contributed by atoms with Crippen LogP contribution in [0.2, 0.25) is 0 Å². The van der Waals surface area contributed by atoms with Gasteiger partial charge in [-0.1, -0.05) is 0 Å². The fraction of sp³-hybridized carbons (Fsp3) is 0. The minimum atomic E-state index is -0.1000. The first-order valence-corrected chi connectivity index (χ1v) is 3.65. The summed E-state index contributed by atoms with van der Waals surface area (Å²) in [6, 6.07) is 0. The van der Waals surface area contributed by atoms with Crippen molar-refractivity contribution in [2.75, 3.05) is 0 Å². The first-order valence-electron chi connectivity index (χ1n) is 0.524. The molecule has 0 aromatic carbocycles. The van der Waals surface area contributed by atoms with Crippen molar-refractivity contribution in [1.82, 2.24) is 0 Å². The van der Waals surface area contributed by atoms with Gasteiger partial charge in [0.2, 0.25) is 0 Å². The monoisotopic (exact) mass is 287 g/mol. The van der Waals surface area contributed by atoms with Gasteiger partial charge < -0.3 is 0 Å². The molecular formula is HInLaO2. The summed E-state index contributed by atoms with van der Waals surface area (Å²) < 4.78 is 16.8. The van der Waals surface area contributed by atoms with Crippen molar-refractivity contribution in [2.24, 2.45) is 0 Å². The number of rotatable bonds is 0. The van der Waals surface area contributed by atoms with E-state index in [0.29, 0.717) is 0 Å². The van der Waals surface area contributed by atoms with Crippen LogP contribution in [-0.4, -0.2) is 24.4 Å². The summed E-state index contributed by atoms with van der Waals surface area (Å²) in [5.74, 6) is 0. The Morgan fingerprint density at radius 3 is 1.25 bits per heavy atom. The second kappa shape index (κ2) is 22.6. The Labute approximate surface area is 61.7 Å². The molecule has 0 saturated carbocycles. The van der Waals surface area contributed by atoms with E-state index < -0.39 is 0 Å². The van der Waals surface area contributed by atoms with Gasteiger partial charge in [-0.2, -0.15) is 0 Å². The van der Waals surface area contributed by atoms with Crippen LogP contribution in [0, 0.1) is 33.8 Å². The number of hydrogen-bond acceptors (Lipinski definition) is 2. The molecular weight excluding hydrogens is 286 g/mol. The van der Waals surface area contributed by atoms with Gasteiger partial charge in [0.05, 0.1) is 0 Å². The van der Waals surface area contributed by atoms with Gasteiger partial charge >= 0.3 is 62.7 Å². The van der Waals surface area contributed by atoms with E-state index in [0.717, 1.165) is 0 Å². The SMILES string of the molecule is [O]=[InH].[O]=[La]. The van der Waals surface area contributed by atoms with Gasteiger partial charge in [-0.15, -0.1) is 0 Å². The van der Waals surface area contributed by atoms with E-state index >= 15 is 0 Å². The fourth-order valence-corrected chi connectivity index (χ4v) is 0. The Morgan fingerprint density at radius 1 is 1.25 bits per heavy atom. The second-order valence-corrected chi connectivity index (χ2v) is 0. The molecule has 0 aliphatic heterocycles. The Morgan fingerprint density at radius 2 is 1.25 bits per heavy atom. The molecule has 0 fully saturated rings. The van der Waals surface area contributed by atoms with Crippen molar-refractivity contribution < 1.29 is 38.4 Å². The molecule has 0 bridgehead atoms. The summed E-state index contributed by atoms with van der Waals surface area (Å²) in [7, 11) is 0. The summed E-state index contributed by atoms with van der Waals surface area (Å²) >= 11 is -0.183. The zero-order chi connectivity index (χ0) is 4.00. The molecule has 0 rings (SSSR count). The van der Waals surface area contributed by atoms with Crippen LogP contribution in [0.1, 0.15) is 0 Å². The predicted octanol–water partition coefficient (Wildman–Crippen LogP) is -0.886. The summed E-state index contributed by atoms with van der Waals surface area (Å²) in [5.41, 5.74) is 0. The van der Waals surface area contributed by atoms with E-state index in [1.807, 2.05) is 0 Å². The zero-order valence-electron chi connectivity index (χ0n) is 2.10. The van der Waals surface area contributed by atoms with E-state index in [-0.39, 0.29) is 58.2 Å². The standard InChI is InChI=1S/In.La.2O.H. The van der Waals surface area contributed by atoms with Crippen molar-refractivity contribution in [3.05, 3.63) is 0 Å². The van der Waals surface area contributed by atoms with Crippen LogP contribution < -0.4 is 0 Å². The first-order chi connectivity index (χ1) is 2.00. The molecule has 0 aliphatic rings. The van der Waals surface area contributed by atoms with Crippen molar-refractivity contribution in [2.45, 2.75) is 0 Å². The molecule has 0 aliphatic carbocycles. The summed E-state index contributed by atoms with van der Waals surface area (Å²) in [5, 5.41) is 0. The quantitative estimate of drug-likeness (QED) is 0.579. The normalized spacial score (nSPS) is 2.25. The molecule has 0 unspecified atom stereocenters. The van der Waals surface area contributed by atoms with Crippen molar-refractivity contribution >= 4 is 24.4 Å². The summed E-state index contributed by atoms with van der Waals surface area (Å²) in [6.45, 7) is 0. The van der Waals surface area contributed by atoms with Crippen molar-refractivity contribution in [1.29, 1.82) is 0 Å². The third-order valence-electron chi connectivity index (χ3n) is 0. The molecule has 2 nitrogen and oxygen atoms in total. The molecule has 4 heavy (non-hydrogen) atoms. The fourth-order valence-electron chi connectivity index (χ4n) is 0. The molecule has 0 aromatic rings. The average molecular weight is 287 g/mol. The van der Waals surface area contributed by atoms with Crippen LogP contribution in [-0.2, 0) is 4.55 Å². The molecule has 0 saturated heterocycles. The molecule has 4 heteroatoms. The van der Waals surface area contributed by atoms with Crippen LogP contribution in [0.3, 0.4) is 0 Å². The van der Waals surface area contributed by atoms with Gasteiger partial charge in [0, 0.05) is 0 Å². The average Bonchev–Trinajstić information content (AvgIpc) is 1.50. The Balaban J connectivity index is 0. The topological polar surface area (TPSA) is 34.1 Å². The minimum absolute atomic E-state index is 0.0833. The van der Waals surface area contributed by atoms with Crippen molar-refractivity contribution in [3.63, 3.8) is 0 Å². The number of hydrogen-bond donors (Lipinski definition) is 0. The Hall–Kier alpha value is 1.66. The Bertz CT molecular complexity index is 8.00. The molecule has 0 amide bonds. The molecule has 0 spiro atoms. The van der Waals surface area contributed by atoms with Gasteiger partial charge in [-0.05, 0) is 0 Å². The van der Waals surface area contributed by atoms with E-state index in [4.69, 9.17) is 4.55 Å². The third-order valence-corrected chi connectivity index (χ3v) is 0. The van der Waals surface area contributed by atoms with E-state index in [9.17, 15) is 0 Å². The molecule has 0 heterocycles. The van der Waals surface area contributed by atoms with Gasteiger partial charge in [0.15, 0.2) is 0 Å². The second-order valence-electron chi connectivity index (χ2n) is 0. The van der Waals surface area contributed by atoms with Gasteiger partial charge in [0.25, 0.3) is 0 Å². The molecule has 0 atom stereocenters. The zero-order valence-corrected chi connectivity index (χ0v) is 9.76. The Kier molecular flexibility index (Phi) is 51.9. The van der Waals surface area contributed by atoms with Gasteiger partial charge in [0.1, 0.15) is 0 Å². The third kappa shape index (κ3) is 9.39. The first kappa shape index (κ1) is 9.18. The van der Waals surface area contributed by atoms with Gasteiger partial charge in [-0.3, -0.25) is 0 Å². The molecule has 0 aromatic heterocycles. The molecule has 19 valence electrons. The van der Waals surface area contributed by atoms with Gasteiger partial charge in [-0.25, -0.2) is 0 Å². The van der Waals surface area contributed by atoms with Crippen LogP contribution in [0.15, 0.2) is 0 Å². The molecule has 0 radical (unpaired) electrons. The van der Waals surface area contributed by atoms with E-state index in [2.05, 4.69) is 0 Å². The van der Waals surface area contributed by atoms with Crippen LogP contribution in [0.25, 0.3) is 0 Å². The summed E-state index contributed by atoms with van der Waals surface area (Å²) in [6.07, 6.45) is 0. The van der Waals surface area contributed by atoms with Crippen LogP contribution in [0.4, 0.5) is 0 Å². The summed E-state index contributed by atoms with van der Waals surface area (Å²) in [4.78, 5) is 0. The predicted molar refractivity (Wildman–Crippen MR) is 8.52 cm³/mol. The molecule has 0 N–H and O–H groups in total.